The highest BCUT2D eigenvalue weighted by Gasteiger charge is 2.46. The smallest absolute Gasteiger partial charge is 0.143 e. The summed E-state index contributed by atoms with van der Waals surface area (Å²) >= 11 is 0. The summed E-state index contributed by atoms with van der Waals surface area (Å²) in [4.78, 5) is 2.54. The van der Waals surface area contributed by atoms with Crippen LogP contribution < -0.4 is 4.90 Å². The van der Waals surface area contributed by atoms with Gasteiger partial charge in [0.2, 0.25) is 0 Å². The first-order valence-corrected chi connectivity index (χ1v) is 26.8. The van der Waals surface area contributed by atoms with E-state index in [0.717, 1.165) is 77.9 Å². The highest BCUT2D eigenvalue weighted by molar-refractivity contribution is 6.11. The minimum Gasteiger partial charge on any atom is -0.455 e. The molecule has 1 aromatic heterocycles. The Morgan fingerprint density at radius 2 is 0.935 bits per heavy atom. The Kier molecular flexibility index (Phi) is 11.0. The summed E-state index contributed by atoms with van der Waals surface area (Å²) in [5.74, 6) is 0. The summed E-state index contributed by atoms with van der Waals surface area (Å²) in [6.45, 7) is 6.83. The molecule has 12 aromatic carbocycles. The number of rotatable bonds is 9. The van der Waals surface area contributed by atoms with Gasteiger partial charge in [-0.2, -0.15) is 0 Å². The fourth-order valence-electron chi connectivity index (χ4n) is 12.5. The van der Waals surface area contributed by atoms with E-state index in [1.807, 2.05) is 6.07 Å². The molecule has 13 aromatic rings. The van der Waals surface area contributed by atoms with Crippen molar-refractivity contribution >= 4 is 49.8 Å². The van der Waals surface area contributed by atoms with E-state index in [1.54, 1.807) is 0 Å². The SMILES string of the molecule is CC(C)(C)c1ccc(-c2ccc(N(c3ccc4c(c3)-c3ccccc3C4(c3ccccc3)c3ccccc3)c3ccc4ccccc4c3-c3cccc(-c4cccc5c4oc4ccccc45)c3)c(-c3ccccc3)c2)cc1. The largest absolute Gasteiger partial charge is 0.455 e. The minimum atomic E-state index is -0.533. The van der Waals surface area contributed by atoms with Gasteiger partial charge in [-0.25, -0.2) is 0 Å². The molecule has 1 aliphatic carbocycles. The van der Waals surface area contributed by atoms with Crippen molar-refractivity contribution in [3.8, 4) is 55.6 Å². The summed E-state index contributed by atoms with van der Waals surface area (Å²) in [6.07, 6.45) is 0. The first-order valence-electron chi connectivity index (χ1n) is 26.8. The van der Waals surface area contributed by atoms with E-state index in [4.69, 9.17) is 4.42 Å². The van der Waals surface area contributed by atoms with Crippen LogP contribution in [0.25, 0.3) is 88.3 Å². The van der Waals surface area contributed by atoms with E-state index in [-0.39, 0.29) is 5.41 Å². The van der Waals surface area contributed by atoms with Crippen LogP contribution in [-0.2, 0) is 10.8 Å². The summed E-state index contributed by atoms with van der Waals surface area (Å²) in [6, 6.07) is 103. The molecule has 0 atom stereocenters. The maximum absolute atomic E-state index is 6.67. The Bertz CT molecular complexity index is 4310. The Labute approximate surface area is 450 Å². The highest BCUT2D eigenvalue weighted by Crippen LogP contribution is 2.58. The van der Waals surface area contributed by atoms with Crippen LogP contribution in [0.4, 0.5) is 17.1 Å². The Morgan fingerprint density at radius 3 is 1.70 bits per heavy atom. The van der Waals surface area contributed by atoms with Gasteiger partial charge in [0, 0.05) is 33.2 Å². The van der Waals surface area contributed by atoms with Crippen molar-refractivity contribution in [3.63, 3.8) is 0 Å². The quantitative estimate of drug-likeness (QED) is 0.143. The monoisotopic (exact) mass is 985 g/mol. The molecule has 0 amide bonds. The van der Waals surface area contributed by atoms with Crippen molar-refractivity contribution in [2.24, 2.45) is 0 Å². The number of fused-ring (bicyclic) bond motifs is 7. The highest BCUT2D eigenvalue weighted by atomic mass is 16.3. The molecule has 0 aliphatic heterocycles. The molecule has 366 valence electrons. The zero-order valence-corrected chi connectivity index (χ0v) is 43.4. The zero-order chi connectivity index (χ0) is 51.7. The van der Waals surface area contributed by atoms with Crippen LogP contribution in [0.1, 0.15) is 48.6 Å². The van der Waals surface area contributed by atoms with Crippen molar-refractivity contribution < 1.29 is 4.42 Å². The molecule has 0 radical (unpaired) electrons. The number of hydrogen-bond acceptors (Lipinski definition) is 2. The second kappa shape index (κ2) is 18.4. The summed E-state index contributed by atoms with van der Waals surface area (Å²) in [7, 11) is 0. The van der Waals surface area contributed by atoms with Crippen molar-refractivity contribution in [1.82, 2.24) is 0 Å². The molecule has 0 unspecified atom stereocenters. The normalized spacial score (nSPS) is 12.7. The van der Waals surface area contributed by atoms with Gasteiger partial charge in [-0.1, -0.05) is 257 Å². The zero-order valence-electron chi connectivity index (χ0n) is 43.4. The number of nitrogens with zero attached hydrogens (tertiary/aromatic N) is 1. The third-order valence-corrected chi connectivity index (χ3v) is 16.1. The van der Waals surface area contributed by atoms with E-state index in [0.29, 0.717) is 0 Å². The lowest BCUT2D eigenvalue weighted by molar-refractivity contribution is 0.590. The average Bonchev–Trinajstić information content (AvgIpc) is 4.05. The third kappa shape index (κ3) is 7.62. The van der Waals surface area contributed by atoms with Gasteiger partial charge in [0.05, 0.1) is 16.8 Å². The van der Waals surface area contributed by atoms with Crippen molar-refractivity contribution in [3.05, 3.63) is 307 Å². The fraction of sp³-hybridized carbons (Fsp3) is 0.0667. The van der Waals surface area contributed by atoms with Crippen LogP contribution in [0.15, 0.2) is 283 Å². The lowest BCUT2D eigenvalue weighted by Crippen LogP contribution is -2.28. The van der Waals surface area contributed by atoms with Gasteiger partial charge in [0.15, 0.2) is 0 Å². The third-order valence-electron chi connectivity index (χ3n) is 16.1. The first-order chi connectivity index (χ1) is 37.8. The lowest BCUT2D eigenvalue weighted by Gasteiger charge is -2.34. The Balaban J connectivity index is 1.05. The number of hydrogen-bond donors (Lipinski definition) is 0. The first kappa shape index (κ1) is 46.1. The number of benzene rings is 12. The second-order valence-electron chi connectivity index (χ2n) is 21.6. The molecule has 0 N–H and O–H groups in total. The number of anilines is 3. The maximum atomic E-state index is 6.67. The molecule has 1 aliphatic rings. The van der Waals surface area contributed by atoms with Crippen LogP contribution in [0.3, 0.4) is 0 Å². The van der Waals surface area contributed by atoms with E-state index >= 15 is 0 Å². The van der Waals surface area contributed by atoms with E-state index in [2.05, 4.69) is 299 Å². The molecular weight excluding hydrogens is 931 g/mol. The van der Waals surface area contributed by atoms with Gasteiger partial charge in [0.25, 0.3) is 0 Å². The predicted molar refractivity (Wildman–Crippen MR) is 324 cm³/mol. The van der Waals surface area contributed by atoms with Crippen LogP contribution in [0.5, 0.6) is 0 Å². The molecule has 1 heterocycles. The molecular formula is C75H55NO. The molecule has 0 bridgehead atoms. The van der Waals surface area contributed by atoms with E-state index in [1.165, 1.54) is 55.3 Å². The lowest BCUT2D eigenvalue weighted by atomic mass is 9.68. The van der Waals surface area contributed by atoms with Crippen molar-refractivity contribution in [2.75, 3.05) is 4.90 Å². The molecule has 0 saturated heterocycles. The molecule has 14 rings (SSSR count). The molecule has 0 fully saturated rings. The van der Waals surface area contributed by atoms with Gasteiger partial charge in [-0.15, -0.1) is 0 Å². The van der Waals surface area contributed by atoms with E-state index < -0.39 is 5.41 Å². The Hall–Kier alpha value is -9.50. The van der Waals surface area contributed by atoms with Crippen LogP contribution in [-0.4, -0.2) is 0 Å². The van der Waals surface area contributed by atoms with Gasteiger partial charge in [0.1, 0.15) is 11.2 Å². The Morgan fingerprint density at radius 1 is 0.351 bits per heavy atom. The maximum Gasteiger partial charge on any atom is 0.143 e. The average molecular weight is 986 g/mol. The summed E-state index contributed by atoms with van der Waals surface area (Å²) in [5, 5.41) is 4.58. The second-order valence-corrected chi connectivity index (χ2v) is 21.6. The van der Waals surface area contributed by atoms with E-state index in [9.17, 15) is 0 Å². The molecule has 2 heteroatoms. The predicted octanol–water partition coefficient (Wildman–Crippen LogP) is 20.5. The molecule has 77 heavy (non-hydrogen) atoms. The van der Waals surface area contributed by atoms with Crippen LogP contribution in [0.2, 0.25) is 0 Å². The van der Waals surface area contributed by atoms with Crippen molar-refractivity contribution in [2.45, 2.75) is 31.6 Å². The topological polar surface area (TPSA) is 16.4 Å². The van der Waals surface area contributed by atoms with Crippen LogP contribution >= 0.6 is 0 Å². The minimum absolute atomic E-state index is 0.0498. The van der Waals surface area contributed by atoms with Crippen molar-refractivity contribution in [1.29, 1.82) is 0 Å². The van der Waals surface area contributed by atoms with Gasteiger partial charge < -0.3 is 9.32 Å². The summed E-state index contributed by atoms with van der Waals surface area (Å²) < 4.78 is 6.67. The van der Waals surface area contributed by atoms with Gasteiger partial charge in [-0.3, -0.25) is 0 Å². The molecule has 0 saturated carbocycles. The van der Waals surface area contributed by atoms with Gasteiger partial charge in [-0.05, 0) is 125 Å². The molecule has 2 nitrogen and oxygen atoms in total. The summed E-state index contributed by atoms with van der Waals surface area (Å²) in [5.41, 5.74) is 22.4. The number of furan rings is 1. The van der Waals surface area contributed by atoms with Crippen LogP contribution in [0, 0.1) is 0 Å². The number of para-hydroxylation sites is 2. The standard InChI is InChI=1S/C75H55NO/c1-74(2,3)56-41-37-50(38-42-56)53-40-45-69(65(48-53)51-21-7-4-8-22-51)76(59-43-44-68-66(49-59)62-31-15-17-35-67(62)75(68,57-26-9-5-10-27-57)58-28-11-6-12-29-58)70-46-39-52-23-13-14-30-60(52)72(70)55-25-19-24-54(47-55)61-33-20-34-64-63-32-16-18-36-71(63)77-73(61)64/h4-49H,1-3H3. The fourth-order valence-corrected chi connectivity index (χ4v) is 12.5. The molecule has 0 spiro atoms. The van der Waals surface area contributed by atoms with Gasteiger partial charge >= 0.3 is 0 Å².